The van der Waals surface area contributed by atoms with Gasteiger partial charge >= 0.3 is 0 Å². The van der Waals surface area contributed by atoms with Crippen LogP contribution < -0.4 is 10.6 Å². The number of nitrogens with two attached hydrogens (primary N) is 1. The lowest BCUT2D eigenvalue weighted by atomic mass is 10.0. The van der Waals surface area contributed by atoms with E-state index < -0.39 is 0 Å². The first kappa shape index (κ1) is 15.4. The van der Waals surface area contributed by atoms with Crippen LogP contribution in [0.15, 0.2) is 36.4 Å². The Kier molecular flexibility index (Phi) is 4.58. The Morgan fingerprint density at radius 3 is 2.48 bits per heavy atom. The van der Waals surface area contributed by atoms with E-state index in [4.69, 9.17) is 5.73 Å². The monoisotopic (exact) mass is 290 g/mol. The number of halogens is 2. The third-order valence-electron chi connectivity index (χ3n) is 3.53. The van der Waals surface area contributed by atoms with Gasteiger partial charge < -0.3 is 10.6 Å². The smallest absolute Gasteiger partial charge is 0.126 e. The molecule has 0 aliphatic heterocycles. The zero-order valence-electron chi connectivity index (χ0n) is 12.5. The minimum absolute atomic E-state index is 0.277. The number of aryl methyl sites for hydroxylation is 1. The van der Waals surface area contributed by atoms with E-state index in [9.17, 15) is 8.78 Å². The van der Waals surface area contributed by atoms with E-state index in [1.54, 1.807) is 19.1 Å². The van der Waals surface area contributed by atoms with Crippen LogP contribution in [0.3, 0.4) is 0 Å². The molecule has 0 fully saturated rings. The molecule has 21 heavy (non-hydrogen) atoms. The molecule has 0 aliphatic carbocycles. The van der Waals surface area contributed by atoms with E-state index in [2.05, 4.69) is 0 Å². The Balaban J connectivity index is 2.59. The number of benzene rings is 2. The van der Waals surface area contributed by atoms with Crippen LogP contribution in [0, 0.1) is 18.6 Å². The second kappa shape index (κ2) is 6.22. The second-order valence-corrected chi connectivity index (χ2v) is 5.17. The maximum atomic E-state index is 13.8. The van der Waals surface area contributed by atoms with E-state index in [0.29, 0.717) is 17.7 Å². The normalized spacial score (nSPS) is 12.3. The van der Waals surface area contributed by atoms with Crippen molar-refractivity contribution in [1.82, 2.24) is 0 Å². The second-order valence-electron chi connectivity index (χ2n) is 5.17. The maximum absolute atomic E-state index is 13.8. The maximum Gasteiger partial charge on any atom is 0.126 e. The Morgan fingerprint density at radius 1 is 1.19 bits per heavy atom. The van der Waals surface area contributed by atoms with Gasteiger partial charge in [0.2, 0.25) is 0 Å². The van der Waals surface area contributed by atoms with Crippen LogP contribution in [0.25, 0.3) is 0 Å². The van der Waals surface area contributed by atoms with Crippen molar-refractivity contribution in [3.63, 3.8) is 0 Å². The van der Waals surface area contributed by atoms with Gasteiger partial charge in [-0.15, -0.1) is 0 Å². The molecule has 2 aromatic carbocycles. The van der Waals surface area contributed by atoms with Crippen molar-refractivity contribution in [3.8, 4) is 0 Å². The molecule has 0 saturated carbocycles. The van der Waals surface area contributed by atoms with Crippen molar-refractivity contribution >= 4 is 11.4 Å². The van der Waals surface area contributed by atoms with Gasteiger partial charge in [-0.3, -0.25) is 0 Å². The molecule has 4 heteroatoms. The van der Waals surface area contributed by atoms with Crippen LogP contribution in [-0.2, 0) is 0 Å². The topological polar surface area (TPSA) is 29.3 Å². The molecular weight excluding hydrogens is 270 g/mol. The summed E-state index contributed by atoms with van der Waals surface area (Å²) >= 11 is 0. The Hall–Kier alpha value is -1.94. The van der Waals surface area contributed by atoms with E-state index in [1.807, 2.05) is 24.8 Å². The first-order valence-electron chi connectivity index (χ1n) is 7.02. The third kappa shape index (κ3) is 3.22. The van der Waals surface area contributed by atoms with Crippen LogP contribution in [0.1, 0.15) is 31.0 Å². The highest BCUT2D eigenvalue weighted by Gasteiger charge is 2.17. The van der Waals surface area contributed by atoms with Crippen molar-refractivity contribution in [2.75, 3.05) is 11.4 Å². The third-order valence-corrected chi connectivity index (χ3v) is 3.53. The summed E-state index contributed by atoms with van der Waals surface area (Å²) in [4.78, 5) is 1.94. The van der Waals surface area contributed by atoms with Crippen molar-refractivity contribution in [2.45, 2.75) is 26.8 Å². The van der Waals surface area contributed by atoms with Crippen LogP contribution in [-0.4, -0.2) is 6.54 Å². The minimum Gasteiger partial charge on any atom is -0.341 e. The first-order valence-corrected chi connectivity index (χ1v) is 7.02. The molecule has 0 aromatic heterocycles. The van der Waals surface area contributed by atoms with Gasteiger partial charge in [0.1, 0.15) is 11.6 Å². The van der Waals surface area contributed by atoms with Gasteiger partial charge in [0.25, 0.3) is 0 Å². The van der Waals surface area contributed by atoms with Gasteiger partial charge in [-0.2, -0.15) is 0 Å². The number of hydrogen-bond acceptors (Lipinski definition) is 2. The highest BCUT2D eigenvalue weighted by molar-refractivity contribution is 5.68. The quantitative estimate of drug-likeness (QED) is 0.901. The van der Waals surface area contributed by atoms with Gasteiger partial charge in [0.05, 0.1) is 0 Å². The fourth-order valence-electron chi connectivity index (χ4n) is 2.42. The van der Waals surface area contributed by atoms with E-state index in [1.165, 1.54) is 18.2 Å². The van der Waals surface area contributed by atoms with Gasteiger partial charge in [-0.05, 0) is 62.2 Å². The number of nitrogens with zero attached hydrogens (tertiary/aromatic N) is 1. The predicted molar refractivity (Wildman–Crippen MR) is 82.8 cm³/mol. The summed E-state index contributed by atoms with van der Waals surface area (Å²) < 4.78 is 27.3. The molecule has 0 heterocycles. The highest BCUT2D eigenvalue weighted by atomic mass is 19.1. The summed E-state index contributed by atoms with van der Waals surface area (Å²) in [6, 6.07) is 9.29. The van der Waals surface area contributed by atoms with E-state index >= 15 is 0 Å². The molecule has 0 spiro atoms. The van der Waals surface area contributed by atoms with Crippen molar-refractivity contribution in [3.05, 3.63) is 59.2 Å². The van der Waals surface area contributed by atoms with Gasteiger partial charge in [-0.1, -0.05) is 6.07 Å². The van der Waals surface area contributed by atoms with Crippen LogP contribution in [0.2, 0.25) is 0 Å². The molecule has 0 aliphatic rings. The lowest BCUT2D eigenvalue weighted by Gasteiger charge is -2.28. The Morgan fingerprint density at radius 2 is 1.90 bits per heavy atom. The zero-order chi connectivity index (χ0) is 15.6. The summed E-state index contributed by atoms with van der Waals surface area (Å²) in [6.45, 7) is 6.12. The van der Waals surface area contributed by atoms with Crippen molar-refractivity contribution in [1.29, 1.82) is 0 Å². The van der Waals surface area contributed by atoms with Gasteiger partial charge in [-0.25, -0.2) is 8.78 Å². The lowest BCUT2D eigenvalue weighted by molar-refractivity contribution is 0.612. The molecule has 0 amide bonds. The van der Waals surface area contributed by atoms with Crippen molar-refractivity contribution in [2.24, 2.45) is 5.73 Å². The molecule has 1 atom stereocenters. The van der Waals surface area contributed by atoms with Crippen LogP contribution >= 0.6 is 0 Å². The number of rotatable bonds is 4. The fourth-order valence-corrected chi connectivity index (χ4v) is 2.42. The summed E-state index contributed by atoms with van der Waals surface area (Å²) in [6.07, 6.45) is 0. The molecule has 0 saturated heterocycles. The summed E-state index contributed by atoms with van der Waals surface area (Å²) in [5, 5.41) is 0. The fraction of sp³-hybridized carbons (Fsp3) is 0.294. The molecule has 2 aromatic rings. The molecule has 0 bridgehead atoms. The highest BCUT2D eigenvalue weighted by Crippen LogP contribution is 2.33. The van der Waals surface area contributed by atoms with E-state index in [-0.39, 0.29) is 17.7 Å². The summed E-state index contributed by atoms with van der Waals surface area (Å²) in [5.74, 6) is -0.575. The zero-order valence-corrected chi connectivity index (χ0v) is 12.5. The van der Waals surface area contributed by atoms with Crippen LogP contribution in [0.4, 0.5) is 20.2 Å². The summed E-state index contributed by atoms with van der Waals surface area (Å²) in [7, 11) is 0. The standard InChI is InChI=1S/C17H20F2N2/c1-4-21(14-7-5-6-13(18)9-14)17-8-11(2)16(19)10-15(17)12(3)20/h5-10,12H,4,20H2,1-3H3/t12-/m1/s1. The first-order chi connectivity index (χ1) is 9.93. The largest absolute Gasteiger partial charge is 0.341 e. The average Bonchev–Trinajstić information content (AvgIpc) is 2.43. The predicted octanol–water partition coefficient (Wildman–Crippen LogP) is 4.45. The average molecular weight is 290 g/mol. The minimum atomic E-state index is -0.308. The number of anilines is 2. The van der Waals surface area contributed by atoms with Gasteiger partial charge in [0.15, 0.2) is 0 Å². The number of hydrogen-bond donors (Lipinski definition) is 1. The SMILES string of the molecule is CCN(c1cccc(F)c1)c1cc(C)c(F)cc1[C@@H](C)N. The molecule has 2 rings (SSSR count). The molecule has 0 radical (unpaired) electrons. The lowest BCUT2D eigenvalue weighted by Crippen LogP contribution is -2.20. The summed E-state index contributed by atoms with van der Waals surface area (Å²) in [5.41, 5.74) is 8.77. The molecule has 0 unspecified atom stereocenters. The molecule has 2 nitrogen and oxygen atoms in total. The molecular formula is C17H20F2N2. The Bertz CT molecular complexity index is 639. The Labute approximate surface area is 124 Å². The molecule has 2 N–H and O–H groups in total. The van der Waals surface area contributed by atoms with Gasteiger partial charge in [0, 0.05) is 24.0 Å². The molecule has 112 valence electrons. The van der Waals surface area contributed by atoms with Crippen LogP contribution in [0.5, 0.6) is 0 Å². The van der Waals surface area contributed by atoms with Crippen molar-refractivity contribution < 1.29 is 8.78 Å². The van der Waals surface area contributed by atoms with E-state index in [0.717, 1.165) is 11.4 Å².